The number of amides is 1. The van der Waals surface area contributed by atoms with Gasteiger partial charge in [-0.1, -0.05) is 24.3 Å². The van der Waals surface area contributed by atoms with Gasteiger partial charge in [0.15, 0.2) is 0 Å². The van der Waals surface area contributed by atoms with Gasteiger partial charge >= 0.3 is 6.18 Å². The van der Waals surface area contributed by atoms with E-state index in [0.717, 1.165) is 16.9 Å². The molecule has 3 aromatic rings. The number of tetrazole rings is 1. The van der Waals surface area contributed by atoms with Crippen molar-refractivity contribution in [3.8, 4) is 17.1 Å². The number of phenols is 1. The number of hydrazone groups is 1. The molecule has 1 heterocycles. The number of aromatic hydroxyl groups is 1. The number of rotatable bonds is 5. The number of halogens is 3. The van der Waals surface area contributed by atoms with Crippen LogP contribution in [0.3, 0.4) is 0 Å². The number of benzene rings is 2. The van der Waals surface area contributed by atoms with Crippen molar-refractivity contribution in [3.05, 3.63) is 59.7 Å². The van der Waals surface area contributed by atoms with Crippen LogP contribution in [0.2, 0.25) is 0 Å². The standard InChI is InChI=1S/C17H13F3N6O2/c18-17(19,20)13-5-2-4-12(8-13)16-23-25-26(24-16)10-15(28)22-21-9-11-3-1-6-14(27)7-11/h1-9,27H,10H2,(H,22,28)/b21-9-. The van der Waals surface area contributed by atoms with Crippen LogP contribution >= 0.6 is 0 Å². The molecular formula is C17H13F3N6O2. The van der Waals surface area contributed by atoms with Gasteiger partial charge in [-0.25, -0.2) is 5.43 Å². The van der Waals surface area contributed by atoms with Crippen LogP contribution in [0.5, 0.6) is 5.75 Å². The van der Waals surface area contributed by atoms with E-state index >= 15 is 0 Å². The summed E-state index contributed by atoms with van der Waals surface area (Å²) in [5.74, 6) is -0.546. The SMILES string of the molecule is O=C(Cn1nnc(-c2cccc(C(F)(F)F)c2)n1)N/N=C\c1cccc(O)c1. The minimum atomic E-state index is -4.49. The number of alkyl halides is 3. The molecule has 0 spiro atoms. The highest BCUT2D eigenvalue weighted by Gasteiger charge is 2.30. The largest absolute Gasteiger partial charge is 0.508 e. The van der Waals surface area contributed by atoms with Gasteiger partial charge in [0.25, 0.3) is 5.91 Å². The maximum absolute atomic E-state index is 12.8. The van der Waals surface area contributed by atoms with Crippen molar-refractivity contribution in [2.45, 2.75) is 12.7 Å². The second-order valence-corrected chi connectivity index (χ2v) is 5.61. The highest BCUT2D eigenvalue weighted by Crippen LogP contribution is 2.31. The van der Waals surface area contributed by atoms with E-state index in [-0.39, 0.29) is 23.7 Å². The Morgan fingerprint density at radius 3 is 2.75 bits per heavy atom. The highest BCUT2D eigenvalue weighted by molar-refractivity contribution is 5.82. The van der Waals surface area contributed by atoms with E-state index in [2.05, 4.69) is 25.9 Å². The lowest BCUT2D eigenvalue weighted by molar-refractivity contribution is -0.137. The number of aromatic nitrogens is 4. The van der Waals surface area contributed by atoms with Crippen LogP contribution in [0, 0.1) is 0 Å². The van der Waals surface area contributed by atoms with E-state index in [1.165, 1.54) is 30.5 Å². The monoisotopic (exact) mass is 390 g/mol. The molecule has 1 aromatic heterocycles. The third kappa shape index (κ3) is 4.90. The molecule has 0 fully saturated rings. The lowest BCUT2D eigenvalue weighted by Crippen LogP contribution is -2.24. The van der Waals surface area contributed by atoms with Crippen LogP contribution in [-0.2, 0) is 17.5 Å². The Labute approximate surface area is 156 Å². The maximum Gasteiger partial charge on any atom is 0.416 e. The smallest absolute Gasteiger partial charge is 0.416 e. The second kappa shape index (κ2) is 7.86. The van der Waals surface area contributed by atoms with Gasteiger partial charge in [-0.3, -0.25) is 4.79 Å². The van der Waals surface area contributed by atoms with Crippen molar-refractivity contribution in [1.82, 2.24) is 25.6 Å². The van der Waals surface area contributed by atoms with Gasteiger partial charge in [0.05, 0.1) is 11.8 Å². The van der Waals surface area contributed by atoms with Crippen LogP contribution in [0.1, 0.15) is 11.1 Å². The Balaban J connectivity index is 1.62. The Morgan fingerprint density at radius 1 is 1.21 bits per heavy atom. The third-order valence-electron chi connectivity index (χ3n) is 3.46. The minimum Gasteiger partial charge on any atom is -0.508 e. The summed E-state index contributed by atoms with van der Waals surface area (Å²) in [5.41, 5.74) is 2.12. The van der Waals surface area contributed by atoms with Gasteiger partial charge in [-0.2, -0.15) is 23.1 Å². The number of hydrogen-bond donors (Lipinski definition) is 2. The van der Waals surface area contributed by atoms with E-state index < -0.39 is 17.6 Å². The van der Waals surface area contributed by atoms with Crippen LogP contribution in [0.4, 0.5) is 13.2 Å². The highest BCUT2D eigenvalue weighted by atomic mass is 19.4. The number of nitrogens with zero attached hydrogens (tertiary/aromatic N) is 5. The molecule has 1 amide bonds. The fourth-order valence-corrected chi connectivity index (χ4v) is 2.21. The first kappa shape index (κ1) is 19.0. The Kier molecular flexibility index (Phi) is 5.34. The lowest BCUT2D eigenvalue weighted by atomic mass is 10.1. The van der Waals surface area contributed by atoms with Crippen LogP contribution in [0.25, 0.3) is 11.4 Å². The Hall–Kier alpha value is -3.76. The molecule has 3 rings (SSSR count). The van der Waals surface area contributed by atoms with Gasteiger partial charge < -0.3 is 5.11 Å². The molecule has 0 aliphatic rings. The molecule has 0 saturated heterocycles. The first-order chi connectivity index (χ1) is 13.3. The first-order valence-corrected chi connectivity index (χ1v) is 7.87. The van der Waals surface area contributed by atoms with Crippen molar-refractivity contribution >= 4 is 12.1 Å². The summed E-state index contributed by atoms with van der Waals surface area (Å²) < 4.78 is 38.3. The summed E-state index contributed by atoms with van der Waals surface area (Å²) in [4.78, 5) is 12.8. The average Bonchev–Trinajstić information content (AvgIpc) is 3.10. The van der Waals surface area contributed by atoms with E-state index in [9.17, 15) is 23.1 Å². The second-order valence-electron chi connectivity index (χ2n) is 5.61. The molecule has 0 aliphatic carbocycles. The maximum atomic E-state index is 12.8. The normalized spacial score (nSPS) is 11.7. The summed E-state index contributed by atoms with van der Waals surface area (Å²) in [7, 11) is 0. The molecule has 0 radical (unpaired) electrons. The molecule has 0 unspecified atom stereocenters. The van der Waals surface area contributed by atoms with Crippen molar-refractivity contribution in [3.63, 3.8) is 0 Å². The zero-order valence-electron chi connectivity index (χ0n) is 14.1. The number of phenolic OH excluding ortho intramolecular Hbond substituents is 1. The fraction of sp³-hybridized carbons (Fsp3) is 0.118. The Morgan fingerprint density at radius 2 is 2.00 bits per heavy atom. The van der Waals surface area contributed by atoms with E-state index in [0.29, 0.717) is 5.56 Å². The summed E-state index contributed by atoms with van der Waals surface area (Å²) in [5, 5.41) is 24.3. The lowest BCUT2D eigenvalue weighted by Gasteiger charge is -2.06. The minimum absolute atomic E-state index is 0.0397. The van der Waals surface area contributed by atoms with Crippen LogP contribution in [0.15, 0.2) is 53.6 Å². The fourth-order valence-electron chi connectivity index (χ4n) is 2.21. The van der Waals surface area contributed by atoms with Gasteiger partial charge in [0, 0.05) is 5.56 Å². The number of carbonyl (C=O) groups is 1. The summed E-state index contributed by atoms with van der Waals surface area (Å²) >= 11 is 0. The average molecular weight is 390 g/mol. The van der Waals surface area contributed by atoms with Crippen LogP contribution in [-0.4, -0.2) is 37.4 Å². The molecule has 11 heteroatoms. The number of hydrogen-bond acceptors (Lipinski definition) is 6. The molecule has 28 heavy (non-hydrogen) atoms. The molecule has 2 aromatic carbocycles. The van der Waals surface area contributed by atoms with E-state index in [4.69, 9.17) is 0 Å². The summed E-state index contributed by atoms with van der Waals surface area (Å²) in [6, 6.07) is 10.7. The van der Waals surface area contributed by atoms with Gasteiger partial charge in [0.2, 0.25) is 5.82 Å². The summed E-state index contributed by atoms with van der Waals surface area (Å²) in [6.07, 6.45) is -3.15. The third-order valence-corrected chi connectivity index (χ3v) is 3.46. The van der Waals surface area contributed by atoms with E-state index in [1.807, 2.05) is 0 Å². The van der Waals surface area contributed by atoms with Crippen molar-refractivity contribution in [1.29, 1.82) is 0 Å². The molecule has 8 nitrogen and oxygen atoms in total. The van der Waals surface area contributed by atoms with Gasteiger partial charge in [-0.15, -0.1) is 10.2 Å². The Bertz CT molecular complexity index is 1020. The first-order valence-electron chi connectivity index (χ1n) is 7.87. The molecule has 0 aliphatic heterocycles. The van der Waals surface area contributed by atoms with Crippen LogP contribution < -0.4 is 5.43 Å². The zero-order chi connectivity index (χ0) is 20.1. The topological polar surface area (TPSA) is 105 Å². The molecule has 144 valence electrons. The molecule has 2 N–H and O–H groups in total. The van der Waals surface area contributed by atoms with Crippen molar-refractivity contribution in [2.75, 3.05) is 0 Å². The van der Waals surface area contributed by atoms with Gasteiger partial charge in [-0.05, 0) is 35.0 Å². The number of nitrogens with one attached hydrogen (secondary N) is 1. The number of carbonyl (C=O) groups excluding carboxylic acids is 1. The summed E-state index contributed by atoms with van der Waals surface area (Å²) in [6.45, 7) is -0.330. The van der Waals surface area contributed by atoms with Crippen molar-refractivity contribution in [2.24, 2.45) is 5.10 Å². The molecule has 0 atom stereocenters. The van der Waals surface area contributed by atoms with Gasteiger partial charge in [0.1, 0.15) is 12.3 Å². The van der Waals surface area contributed by atoms with Crippen molar-refractivity contribution < 1.29 is 23.1 Å². The quantitative estimate of drug-likeness (QED) is 0.513. The predicted molar refractivity (Wildman–Crippen MR) is 92.1 cm³/mol. The zero-order valence-corrected chi connectivity index (χ0v) is 14.1. The predicted octanol–water partition coefficient (Wildman–Crippen LogP) is 2.21. The molecule has 0 bridgehead atoms. The molecule has 0 saturated carbocycles. The van der Waals surface area contributed by atoms with E-state index in [1.54, 1.807) is 12.1 Å². The molecular weight excluding hydrogens is 377 g/mol.